The maximum Gasteiger partial charge on any atom is 0.240 e. The predicted molar refractivity (Wildman–Crippen MR) is 107 cm³/mol. The molecular formula is C16H10Cl4N8O. The second kappa shape index (κ2) is 7.75. The summed E-state index contributed by atoms with van der Waals surface area (Å²) in [5.41, 5.74) is 1.12. The minimum Gasteiger partial charge on any atom is -0.497 e. The minimum atomic E-state index is -1.79. The van der Waals surface area contributed by atoms with Crippen molar-refractivity contribution in [2.75, 3.05) is 7.11 Å². The van der Waals surface area contributed by atoms with E-state index in [0.717, 1.165) is 0 Å². The van der Waals surface area contributed by atoms with Gasteiger partial charge in [-0.25, -0.2) is 0 Å². The van der Waals surface area contributed by atoms with Crippen LogP contribution >= 0.6 is 46.4 Å². The molecule has 0 aliphatic rings. The topological polar surface area (TPSA) is 96.4 Å². The number of hydrogen-bond donors (Lipinski definition) is 0. The molecule has 0 radical (unpaired) electrons. The van der Waals surface area contributed by atoms with Crippen molar-refractivity contribution >= 4 is 46.4 Å². The maximum absolute atomic E-state index is 6.66. The first-order valence-electron chi connectivity index (χ1n) is 7.97. The summed E-state index contributed by atoms with van der Waals surface area (Å²) >= 11 is 25.4. The summed E-state index contributed by atoms with van der Waals surface area (Å²) in [4.78, 5) is 0. The molecule has 0 saturated heterocycles. The van der Waals surface area contributed by atoms with E-state index in [4.69, 9.17) is 51.1 Å². The molecule has 4 rings (SSSR count). The number of halogens is 4. The molecule has 29 heavy (non-hydrogen) atoms. The van der Waals surface area contributed by atoms with Crippen LogP contribution in [0.25, 0.3) is 11.4 Å². The molecule has 0 N–H and O–H groups in total. The van der Waals surface area contributed by atoms with E-state index in [0.29, 0.717) is 27.2 Å². The van der Waals surface area contributed by atoms with E-state index in [1.807, 2.05) is 0 Å². The lowest BCUT2D eigenvalue weighted by atomic mass is 10.2. The normalized spacial score (nSPS) is 11.6. The van der Waals surface area contributed by atoms with E-state index in [2.05, 4.69) is 31.1 Å². The van der Waals surface area contributed by atoms with Crippen LogP contribution in [0.1, 0.15) is 11.6 Å². The summed E-state index contributed by atoms with van der Waals surface area (Å²) in [7, 11) is 1.57. The number of alkyl halides is 2. The first kappa shape index (κ1) is 19.8. The van der Waals surface area contributed by atoms with Crippen LogP contribution in [0.3, 0.4) is 0 Å². The number of rotatable bonds is 5. The summed E-state index contributed by atoms with van der Waals surface area (Å²) in [6, 6.07) is 11.9. The smallest absolute Gasteiger partial charge is 0.240 e. The average Bonchev–Trinajstić information content (AvgIpc) is 3.40. The van der Waals surface area contributed by atoms with Crippen LogP contribution in [0.2, 0.25) is 10.0 Å². The predicted octanol–water partition coefficient (Wildman–Crippen LogP) is 3.63. The highest BCUT2D eigenvalue weighted by Crippen LogP contribution is 2.39. The van der Waals surface area contributed by atoms with Crippen molar-refractivity contribution in [3.63, 3.8) is 0 Å². The van der Waals surface area contributed by atoms with Crippen molar-refractivity contribution in [3.05, 3.63) is 64.2 Å². The number of benzene rings is 2. The van der Waals surface area contributed by atoms with Gasteiger partial charge in [-0.1, -0.05) is 46.4 Å². The number of methoxy groups -OCH3 is 1. The van der Waals surface area contributed by atoms with Gasteiger partial charge in [0.05, 0.1) is 28.5 Å². The second-order valence-electron chi connectivity index (χ2n) is 5.70. The van der Waals surface area contributed by atoms with Gasteiger partial charge in [0.25, 0.3) is 0 Å². The Morgan fingerprint density at radius 1 is 0.793 bits per heavy atom. The Kier molecular flexibility index (Phi) is 5.30. The van der Waals surface area contributed by atoms with Crippen molar-refractivity contribution in [1.82, 2.24) is 40.4 Å². The molecule has 13 heteroatoms. The standard InChI is InChI=1S/C16H10Cl4N8O/c1-29-11-5-2-9(3-6-11)27-14(21-23-25-27)16(19,20)15-22-24-26-28(15)10-4-7-12(17)13(18)8-10/h2-8H,1H3. The number of tetrazole rings is 2. The van der Waals surface area contributed by atoms with Crippen LogP contribution in [0.5, 0.6) is 5.75 Å². The van der Waals surface area contributed by atoms with Gasteiger partial charge in [0.15, 0.2) is 0 Å². The Bertz CT molecular complexity index is 1160. The molecule has 4 aromatic rings. The van der Waals surface area contributed by atoms with Gasteiger partial charge in [-0.15, -0.1) is 10.2 Å². The largest absolute Gasteiger partial charge is 0.497 e. The van der Waals surface area contributed by atoms with Crippen LogP contribution < -0.4 is 4.74 Å². The highest BCUT2D eigenvalue weighted by atomic mass is 35.5. The average molecular weight is 472 g/mol. The third-order valence-electron chi connectivity index (χ3n) is 3.97. The van der Waals surface area contributed by atoms with Crippen molar-refractivity contribution in [1.29, 1.82) is 0 Å². The van der Waals surface area contributed by atoms with Crippen LogP contribution in [0, 0.1) is 0 Å². The van der Waals surface area contributed by atoms with Gasteiger partial charge < -0.3 is 4.74 Å². The second-order valence-corrected chi connectivity index (χ2v) is 7.84. The Balaban J connectivity index is 1.79. The van der Waals surface area contributed by atoms with Crippen molar-refractivity contribution in [3.8, 4) is 17.1 Å². The third kappa shape index (κ3) is 3.62. The van der Waals surface area contributed by atoms with E-state index in [1.54, 1.807) is 49.6 Å². The van der Waals surface area contributed by atoms with Crippen molar-refractivity contribution in [2.45, 2.75) is 4.33 Å². The molecule has 0 saturated carbocycles. The molecule has 2 aromatic heterocycles. The summed E-state index contributed by atoms with van der Waals surface area (Å²) in [5, 5.41) is 23.9. The van der Waals surface area contributed by atoms with Crippen LogP contribution in [-0.4, -0.2) is 47.5 Å². The molecule has 2 heterocycles. The molecule has 0 amide bonds. The van der Waals surface area contributed by atoms with E-state index in [-0.39, 0.29) is 11.6 Å². The molecule has 0 aliphatic heterocycles. The van der Waals surface area contributed by atoms with Gasteiger partial charge in [-0.3, -0.25) is 0 Å². The zero-order chi connectivity index (χ0) is 20.6. The minimum absolute atomic E-state index is 0.0729. The van der Waals surface area contributed by atoms with Gasteiger partial charge >= 0.3 is 0 Å². The van der Waals surface area contributed by atoms with E-state index in [1.165, 1.54) is 9.36 Å². The van der Waals surface area contributed by atoms with Crippen LogP contribution in [0.15, 0.2) is 42.5 Å². The highest BCUT2D eigenvalue weighted by molar-refractivity contribution is 6.49. The Morgan fingerprint density at radius 2 is 1.34 bits per heavy atom. The number of hydrogen-bond acceptors (Lipinski definition) is 7. The van der Waals surface area contributed by atoms with Crippen LogP contribution in [0.4, 0.5) is 0 Å². The van der Waals surface area contributed by atoms with Gasteiger partial charge in [-0.2, -0.15) is 9.36 Å². The number of ether oxygens (including phenoxy) is 1. The molecule has 0 unspecified atom stereocenters. The van der Waals surface area contributed by atoms with E-state index in [9.17, 15) is 0 Å². The van der Waals surface area contributed by atoms with Gasteiger partial charge in [0.1, 0.15) is 5.75 Å². The Morgan fingerprint density at radius 3 is 1.90 bits per heavy atom. The van der Waals surface area contributed by atoms with Gasteiger partial charge in [0.2, 0.25) is 16.0 Å². The Hall–Kier alpha value is -2.46. The van der Waals surface area contributed by atoms with Crippen molar-refractivity contribution < 1.29 is 4.74 Å². The lowest BCUT2D eigenvalue weighted by Crippen LogP contribution is -2.24. The molecule has 9 nitrogen and oxygen atoms in total. The fraction of sp³-hybridized carbons (Fsp3) is 0.125. The zero-order valence-corrected chi connectivity index (χ0v) is 17.6. The summed E-state index contributed by atoms with van der Waals surface area (Å²) < 4.78 is 6.08. The monoisotopic (exact) mass is 470 g/mol. The van der Waals surface area contributed by atoms with E-state index >= 15 is 0 Å². The Labute approximate surface area is 184 Å². The molecular weight excluding hydrogens is 462 g/mol. The summed E-state index contributed by atoms with van der Waals surface area (Å²) in [5.74, 6) is 0.848. The van der Waals surface area contributed by atoms with Gasteiger partial charge in [-0.05, 0) is 63.3 Å². The summed E-state index contributed by atoms with van der Waals surface area (Å²) in [6.45, 7) is 0. The zero-order valence-electron chi connectivity index (χ0n) is 14.5. The quantitative estimate of drug-likeness (QED) is 0.410. The molecule has 0 spiro atoms. The first-order valence-corrected chi connectivity index (χ1v) is 9.48. The summed E-state index contributed by atoms with van der Waals surface area (Å²) in [6.07, 6.45) is 0. The fourth-order valence-electron chi connectivity index (χ4n) is 2.55. The number of aromatic nitrogens is 8. The molecule has 0 atom stereocenters. The molecule has 0 fully saturated rings. The number of nitrogens with zero attached hydrogens (tertiary/aromatic N) is 8. The highest BCUT2D eigenvalue weighted by Gasteiger charge is 2.41. The SMILES string of the molecule is COc1ccc(-n2nnnc2C(Cl)(Cl)c2nnnn2-c2ccc(Cl)c(Cl)c2)cc1. The molecule has 0 aliphatic carbocycles. The third-order valence-corrected chi connectivity index (χ3v) is 5.38. The first-order chi connectivity index (χ1) is 13.9. The lowest BCUT2D eigenvalue weighted by Gasteiger charge is -2.18. The molecule has 148 valence electrons. The van der Waals surface area contributed by atoms with Crippen molar-refractivity contribution in [2.24, 2.45) is 0 Å². The van der Waals surface area contributed by atoms with Crippen LogP contribution in [-0.2, 0) is 4.33 Å². The van der Waals surface area contributed by atoms with Gasteiger partial charge in [0, 0.05) is 0 Å². The fourth-order valence-corrected chi connectivity index (χ4v) is 3.32. The molecule has 0 bridgehead atoms. The lowest BCUT2D eigenvalue weighted by molar-refractivity contribution is 0.414. The molecule has 2 aromatic carbocycles. The maximum atomic E-state index is 6.66. The van der Waals surface area contributed by atoms with E-state index < -0.39 is 4.33 Å².